The van der Waals surface area contributed by atoms with Gasteiger partial charge < -0.3 is 14.9 Å². The maximum absolute atomic E-state index is 11.4. The number of rotatable bonds is 21. The highest BCUT2D eigenvalue weighted by Crippen LogP contribution is 2.18. The average molecular weight is 553 g/mol. The summed E-state index contributed by atoms with van der Waals surface area (Å²) < 4.78 is 5.65. The molecule has 0 aliphatic heterocycles. The second kappa shape index (κ2) is 26.1. The van der Waals surface area contributed by atoms with Crippen molar-refractivity contribution in [1.29, 1.82) is 0 Å². The first kappa shape index (κ1) is 35.5. The number of allylic oxidation sites excluding steroid dienone is 3. The van der Waals surface area contributed by atoms with Crippen molar-refractivity contribution in [2.24, 2.45) is 5.92 Å². The quantitative estimate of drug-likeness (QED) is 0.0714. The summed E-state index contributed by atoms with van der Waals surface area (Å²) in [6, 6.07) is 7.55. The highest BCUT2D eigenvalue weighted by Gasteiger charge is 2.02. The highest BCUT2D eigenvalue weighted by atomic mass is 35.5. The van der Waals surface area contributed by atoms with E-state index in [-0.39, 0.29) is 12.5 Å². The van der Waals surface area contributed by atoms with Crippen molar-refractivity contribution in [2.75, 3.05) is 19.8 Å². The summed E-state index contributed by atoms with van der Waals surface area (Å²) in [5, 5.41) is 12.7. The fourth-order valence-corrected chi connectivity index (χ4v) is 3.93. The normalized spacial score (nSPS) is 11.0. The zero-order valence-electron chi connectivity index (χ0n) is 23.7. The van der Waals surface area contributed by atoms with E-state index in [1.54, 1.807) is 0 Å². The third kappa shape index (κ3) is 23.8. The second-order valence-corrected chi connectivity index (χ2v) is 9.58. The maximum atomic E-state index is 11.4. The molecule has 0 bridgehead atoms. The van der Waals surface area contributed by atoms with Gasteiger partial charge in [0.15, 0.2) is 0 Å². The molecule has 1 rings (SSSR count). The molecule has 0 aromatic heterocycles. The van der Waals surface area contributed by atoms with Crippen LogP contribution in [0, 0.1) is 16.0 Å². The summed E-state index contributed by atoms with van der Waals surface area (Å²) in [4.78, 5) is 25.5. The topological polar surface area (TPSA) is 90.7 Å². The van der Waals surface area contributed by atoms with Crippen LogP contribution < -0.4 is 10.1 Å². The first-order chi connectivity index (χ1) is 18.4. The highest BCUT2D eigenvalue weighted by molar-refractivity contribution is 6.30. The minimum atomic E-state index is -0.770. The van der Waals surface area contributed by atoms with Crippen molar-refractivity contribution < 1.29 is 19.5 Å². The molecule has 1 amide bonds. The van der Waals surface area contributed by atoms with E-state index in [1.165, 1.54) is 25.7 Å². The number of halogens is 1. The Bertz CT molecular complexity index is 780. The Morgan fingerprint density at radius 1 is 1.05 bits per heavy atom. The Balaban J connectivity index is 0.000000721. The molecule has 38 heavy (non-hydrogen) atoms. The largest absolute Gasteiger partial charge is 0.493 e. The molecule has 1 N–H and O–H groups in total. The van der Waals surface area contributed by atoms with Gasteiger partial charge in [0, 0.05) is 18.0 Å². The zero-order valence-corrected chi connectivity index (χ0v) is 24.4. The van der Waals surface area contributed by atoms with Gasteiger partial charge in [-0.3, -0.25) is 4.79 Å². The molecule has 0 aliphatic carbocycles. The average Bonchev–Trinajstić information content (AvgIpc) is 2.88. The van der Waals surface area contributed by atoms with Crippen LogP contribution in [0.4, 0.5) is 0 Å². The van der Waals surface area contributed by atoms with Crippen LogP contribution in [0.1, 0.15) is 97.8 Å². The number of carbonyl (C=O) groups is 1. The van der Waals surface area contributed by atoms with E-state index >= 15 is 0 Å². The van der Waals surface area contributed by atoms with E-state index in [0.717, 1.165) is 55.2 Å². The molecule has 0 spiro atoms. The molecule has 0 unspecified atom stereocenters. The third-order valence-electron chi connectivity index (χ3n) is 5.68. The molecule has 0 saturated heterocycles. The van der Waals surface area contributed by atoms with Crippen LogP contribution in [0.25, 0.3) is 0 Å². The molecule has 1 aromatic rings. The van der Waals surface area contributed by atoms with E-state index in [2.05, 4.69) is 42.2 Å². The van der Waals surface area contributed by atoms with E-state index in [1.807, 2.05) is 37.3 Å². The lowest BCUT2D eigenvalue weighted by Crippen LogP contribution is -2.23. The van der Waals surface area contributed by atoms with Crippen LogP contribution in [-0.2, 0) is 9.63 Å². The lowest BCUT2D eigenvalue weighted by atomic mass is 9.98. The van der Waals surface area contributed by atoms with Gasteiger partial charge in [0.1, 0.15) is 5.75 Å². The van der Waals surface area contributed by atoms with Gasteiger partial charge in [-0.05, 0) is 76.0 Å². The second-order valence-electron chi connectivity index (χ2n) is 9.14. The summed E-state index contributed by atoms with van der Waals surface area (Å²) in [6.07, 6.45) is 20.5. The van der Waals surface area contributed by atoms with Crippen molar-refractivity contribution in [2.45, 2.75) is 97.8 Å². The van der Waals surface area contributed by atoms with Gasteiger partial charge in [-0.2, -0.15) is 0 Å². The predicted molar refractivity (Wildman–Crippen MR) is 157 cm³/mol. The van der Waals surface area contributed by atoms with Crippen LogP contribution in [-0.4, -0.2) is 30.8 Å². The van der Waals surface area contributed by atoms with Crippen LogP contribution in [0.5, 0.6) is 5.75 Å². The number of ether oxygens (including phenoxy) is 1. The number of carbonyl (C=O) groups excluding carboxylic acids is 1. The van der Waals surface area contributed by atoms with Gasteiger partial charge in [0.05, 0.1) is 13.2 Å². The summed E-state index contributed by atoms with van der Waals surface area (Å²) in [5.74, 6) is 1.68. The monoisotopic (exact) mass is 552 g/mol. The Morgan fingerprint density at radius 3 is 2.45 bits per heavy atom. The first-order valence-corrected chi connectivity index (χ1v) is 14.5. The van der Waals surface area contributed by atoms with Gasteiger partial charge >= 0.3 is 0 Å². The Kier molecular flexibility index (Phi) is 24.3. The number of hydrogen-bond acceptors (Lipinski definition) is 5. The molecule has 7 nitrogen and oxygen atoms in total. The molecule has 0 radical (unpaired) electrons. The van der Waals surface area contributed by atoms with Crippen molar-refractivity contribution in [3.05, 3.63) is 63.7 Å². The molecule has 0 fully saturated rings. The van der Waals surface area contributed by atoms with E-state index in [9.17, 15) is 14.9 Å². The van der Waals surface area contributed by atoms with Gasteiger partial charge in [-0.15, -0.1) is 10.1 Å². The van der Waals surface area contributed by atoms with E-state index in [4.69, 9.17) is 16.3 Å². The van der Waals surface area contributed by atoms with Crippen LogP contribution in [0.2, 0.25) is 5.02 Å². The van der Waals surface area contributed by atoms with Crippen molar-refractivity contribution in [3.8, 4) is 5.75 Å². The zero-order chi connectivity index (χ0) is 28.3. The lowest BCUT2D eigenvalue weighted by molar-refractivity contribution is -0.757. The Hall–Kier alpha value is -2.54. The van der Waals surface area contributed by atoms with E-state index in [0.29, 0.717) is 26.0 Å². The minimum absolute atomic E-state index is 0.0983. The SMILES string of the molecule is C/C=C\CCCC(=O)NCCCCCCO[N+](=O)[O-].CCCC(/C=C/CCOc1cccc(Cl)c1)CCC. The van der Waals surface area contributed by atoms with Gasteiger partial charge in [-0.1, -0.05) is 81.5 Å². The maximum Gasteiger partial charge on any atom is 0.294 e. The molecular weight excluding hydrogens is 504 g/mol. The predicted octanol–water partition coefficient (Wildman–Crippen LogP) is 8.50. The van der Waals surface area contributed by atoms with Gasteiger partial charge in [0.25, 0.3) is 5.09 Å². The fraction of sp³-hybridized carbons (Fsp3) is 0.633. The Labute approximate surface area is 235 Å². The third-order valence-corrected chi connectivity index (χ3v) is 5.91. The number of hydrogen-bond donors (Lipinski definition) is 1. The van der Waals surface area contributed by atoms with E-state index < -0.39 is 5.09 Å². The summed E-state index contributed by atoms with van der Waals surface area (Å²) in [7, 11) is 0. The Morgan fingerprint density at radius 2 is 1.79 bits per heavy atom. The summed E-state index contributed by atoms with van der Waals surface area (Å²) in [6.45, 7) is 8.01. The van der Waals surface area contributed by atoms with Crippen molar-refractivity contribution in [3.63, 3.8) is 0 Å². The molecule has 8 heteroatoms. The number of benzene rings is 1. The standard InChI is InChI=1S/C17H25ClO.C13H24N2O4/c1-3-8-15(9-4-2)10-5-6-13-19-17-12-7-11-16(18)14-17;1-2-3-4-7-10-13(16)14-11-8-5-6-9-12-19-15(17)18/h5,7,10-12,14-15H,3-4,6,8-9,13H2,1-2H3;2-3H,4-12H2,1H3,(H,14,16)/b10-5+;3-2-. The molecule has 0 saturated carbocycles. The number of amides is 1. The lowest BCUT2D eigenvalue weighted by Gasteiger charge is -2.09. The van der Waals surface area contributed by atoms with Gasteiger partial charge in [0.2, 0.25) is 5.91 Å². The first-order valence-electron chi connectivity index (χ1n) is 14.1. The van der Waals surface area contributed by atoms with Crippen molar-refractivity contribution in [1.82, 2.24) is 5.32 Å². The number of unbranched alkanes of at least 4 members (excludes halogenated alkanes) is 4. The minimum Gasteiger partial charge on any atom is -0.493 e. The van der Waals surface area contributed by atoms with Gasteiger partial charge in [-0.25, -0.2) is 0 Å². The summed E-state index contributed by atoms with van der Waals surface area (Å²) >= 11 is 5.90. The number of nitrogens with one attached hydrogen (secondary N) is 1. The molecule has 0 heterocycles. The van der Waals surface area contributed by atoms with Crippen LogP contribution in [0.15, 0.2) is 48.6 Å². The van der Waals surface area contributed by atoms with Crippen molar-refractivity contribution >= 4 is 17.5 Å². The molecule has 0 atom stereocenters. The molecular formula is C30H49ClN2O5. The fourth-order valence-electron chi connectivity index (χ4n) is 3.75. The molecule has 1 aromatic carbocycles. The van der Waals surface area contributed by atoms with Crippen LogP contribution >= 0.6 is 11.6 Å². The number of nitrogens with zero attached hydrogens (tertiary/aromatic N) is 1. The smallest absolute Gasteiger partial charge is 0.294 e. The molecule has 0 aliphatic rings. The van der Waals surface area contributed by atoms with Crippen LogP contribution in [0.3, 0.4) is 0 Å². The molecule has 216 valence electrons. The summed E-state index contributed by atoms with van der Waals surface area (Å²) in [5.41, 5.74) is 0.